The number of pyridine rings is 1. The van der Waals surface area contributed by atoms with Crippen LogP contribution in [0.5, 0.6) is 10.9 Å². The molecule has 20 heavy (non-hydrogen) atoms. The molecule has 0 fully saturated rings. The zero-order valence-corrected chi connectivity index (χ0v) is 13.1. The SMILES string of the molecule is CCc1nc(C)ccc1Oc1nnc(CNC(C)C)s1. The first-order chi connectivity index (χ1) is 9.58. The molecule has 6 heteroatoms. The highest BCUT2D eigenvalue weighted by Crippen LogP contribution is 2.27. The van der Waals surface area contributed by atoms with E-state index in [2.05, 4.69) is 41.3 Å². The minimum absolute atomic E-state index is 0.427. The zero-order valence-electron chi connectivity index (χ0n) is 12.3. The molecule has 0 saturated carbocycles. The van der Waals surface area contributed by atoms with Crippen LogP contribution in [-0.4, -0.2) is 21.2 Å². The number of ether oxygens (including phenoxy) is 1. The summed E-state index contributed by atoms with van der Waals surface area (Å²) in [6.45, 7) is 8.95. The van der Waals surface area contributed by atoms with Gasteiger partial charge in [-0.25, -0.2) is 0 Å². The van der Waals surface area contributed by atoms with Gasteiger partial charge in [-0.1, -0.05) is 37.2 Å². The molecule has 0 radical (unpaired) electrons. The van der Waals surface area contributed by atoms with Crippen LogP contribution in [0.1, 0.15) is 37.2 Å². The van der Waals surface area contributed by atoms with Gasteiger partial charge in [-0.15, -0.1) is 5.10 Å². The summed E-state index contributed by atoms with van der Waals surface area (Å²) in [5.41, 5.74) is 1.94. The van der Waals surface area contributed by atoms with E-state index in [4.69, 9.17) is 4.74 Å². The smallest absolute Gasteiger partial charge is 0.299 e. The molecular formula is C14H20N4OS. The number of nitrogens with zero attached hydrogens (tertiary/aromatic N) is 3. The van der Waals surface area contributed by atoms with Crippen LogP contribution in [-0.2, 0) is 13.0 Å². The lowest BCUT2D eigenvalue weighted by Crippen LogP contribution is -2.21. The van der Waals surface area contributed by atoms with Crippen molar-refractivity contribution in [3.63, 3.8) is 0 Å². The van der Waals surface area contributed by atoms with Crippen molar-refractivity contribution in [1.82, 2.24) is 20.5 Å². The minimum atomic E-state index is 0.427. The Labute approximate surface area is 123 Å². The lowest BCUT2D eigenvalue weighted by Gasteiger charge is -2.06. The molecule has 0 atom stereocenters. The Balaban J connectivity index is 2.06. The van der Waals surface area contributed by atoms with Crippen molar-refractivity contribution in [2.45, 2.75) is 46.7 Å². The summed E-state index contributed by atoms with van der Waals surface area (Å²) in [5, 5.41) is 13.0. The molecule has 1 N–H and O–H groups in total. The number of aryl methyl sites for hydroxylation is 2. The van der Waals surface area contributed by atoms with E-state index in [1.165, 1.54) is 11.3 Å². The van der Waals surface area contributed by atoms with Crippen molar-refractivity contribution < 1.29 is 4.74 Å². The third-order valence-electron chi connectivity index (χ3n) is 2.71. The van der Waals surface area contributed by atoms with Gasteiger partial charge in [0.05, 0.1) is 12.2 Å². The number of nitrogens with one attached hydrogen (secondary N) is 1. The van der Waals surface area contributed by atoms with Gasteiger partial charge in [-0.3, -0.25) is 4.98 Å². The predicted octanol–water partition coefficient (Wildman–Crippen LogP) is 3.09. The molecule has 0 spiro atoms. The molecule has 2 rings (SSSR count). The van der Waals surface area contributed by atoms with Gasteiger partial charge in [0.15, 0.2) is 5.75 Å². The minimum Gasteiger partial charge on any atom is -0.428 e. The molecule has 2 aromatic heterocycles. The Morgan fingerprint density at radius 2 is 2.10 bits per heavy atom. The second-order valence-corrected chi connectivity index (χ2v) is 5.88. The normalized spacial score (nSPS) is 11.1. The molecule has 2 aromatic rings. The van der Waals surface area contributed by atoms with Gasteiger partial charge in [0.2, 0.25) is 0 Å². The average molecular weight is 292 g/mol. The van der Waals surface area contributed by atoms with Crippen LogP contribution in [0.4, 0.5) is 0 Å². The molecule has 108 valence electrons. The summed E-state index contributed by atoms with van der Waals surface area (Å²) in [5.74, 6) is 0.762. The summed E-state index contributed by atoms with van der Waals surface area (Å²) in [6, 6.07) is 4.31. The first-order valence-electron chi connectivity index (χ1n) is 6.78. The van der Waals surface area contributed by atoms with Crippen LogP contribution in [0.25, 0.3) is 0 Å². The molecule has 0 saturated heterocycles. The lowest BCUT2D eigenvalue weighted by molar-refractivity contribution is 0.463. The highest BCUT2D eigenvalue weighted by atomic mass is 32.1. The Hall–Kier alpha value is -1.53. The highest BCUT2D eigenvalue weighted by molar-refractivity contribution is 7.13. The maximum atomic E-state index is 5.80. The maximum Gasteiger partial charge on any atom is 0.299 e. The van der Waals surface area contributed by atoms with Crippen LogP contribution in [0.15, 0.2) is 12.1 Å². The van der Waals surface area contributed by atoms with Crippen LogP contribution in [0, 0.1) is 6.92 Å². The summed E-state index contributed by atoms with van der Waals surface area (Å²) >= 11 is 1.46. The Kier molecular flexibility index (Phi) is 5.03. The average Bonchev–Trinajstić information content (AvgIpc) is 2.86. The van der Waals surface area contributed by atoms with E-state index < -0.39 is 0 Å². The van der Waals surface area contributed by atoms with E-state index in [1.807, 2.05) is 19.1 Å². The fourth-order valence-corrected chi connectivity index (χ4v) is 2.33. The van der Waals surface area contributed by atoms with Crippen LogP contribution in [0.3, 0.4) is 0 Å². The maximum absolute atomic E-state index is 5.80. The standard InChI is InChI=1S/C14H20N4OS/c1-5-11-12(7-6-10(4)16-11)19-14-18-17-13(20-14)8-15-9(2)3/h6-7,9,15H,5,8H2,1-4H3. The van der Waals surface area contributed by atoms with Crippen LogP contribution >= 0.6 is 11.3 Å². The first kappa shape index (κ1) is 14.9. The van der Waals surface area contributed by atoms with E-state index >= 15 is 0 Å². The highest BCUT2D eigenvalue weighted by Gasteiger charge is 2.10. The molecule has 0 aliphatic rings. The fourth-order valence-electron chi connectivity index (χ4n) is 1.68. The molecule has 0 aliphatic heterocycles. The molecule has 0 aromatic carbocycles. The molecule has 0 aliphatic carbocycles. The summed E-state index contributed by atoms with van der Waals surface area (Å²) in [6.07, 6.45) is 0.831. The van der Waals surface area contributed by atoms with Crippen molar-refractivity contribution in [3.05, 3.63) is 28.5 Å². The Morgan fingerprint density at radius 3 is 2.80 bits per heavy atom. The molecule has 5 nitrogen and oxygen atoms in total. The number of hydrogen-bond acceptors (Lipinski definition) is 6. The monoisotopic (exact) mass is 292 g/mol. The second kappa shape index (κ2) is 6.76. The third-order valence-corrected chi connectivity index (χ3v) is 3.51. The first-order valence-corrected chi connectivity index (χ1v) is 7.60. The van der Waals surface area contributed by atoms with Gasteiger partial charge < -0.3 is 10.1 Å². The molecule has 0 unspecified atom stereocenters. The van der Waals surface area contributed by atoms with Crippen molar-refractivity contribution in [1.29, 1.82) is 0 Å². The van der Waals surface area contributed by atoms with Crippen molar-refractivity contribution in [2.24, 2.45) is 0 Å². The van der Waals surface area contributed by atoms with Crippen molar-refractivity contribution in [3.8, 4) is 10.9 Å². The molecule has 2 heterocycles. The van der Waals surface area contributed by atoms with Gasteiger partial charge in [-0.2, -0.15) is 0 Å². The van der Waals surface area contributed by atoms with Gasteiger partial charge in [-0.05, 0) is 25.5 Å². The van der Waals surface area contributed by atoms with Gasteiger partial charge in [0, 0.05) is 11.7 Å². The van der Waals surface area contributed by atoms with E-state index in [9.17, 15) is 0 Å². The molecule has 0 bridgehead atoms. The molecular weight excluding hydrogens is 272 g/mol. The van der Waals surface area contributed by atoms with Crippen molar-refractivity contribution in [2.75, 3.05) is 0 Å². The summed E-state index contributed by atoms with van der Waals surface area (Å²) in [4.78, 5) is 4.47. The van der Waals surface area contributed by atoms with Gasteiger partial charge in [0.25, 0.3) is 5.19 Å². The van der Waals surface area contributed by atoms with E-state index in [-0.39, 0.29) is 0 Å². The number of aromatic nitrogens is 3. The zero-order chi connectivity index (χ0) is 14.5. The third kappa shape index (κ3) is 3.98. The largest absolute Gasteiger partial charge is 0.428 e. The summed E-state index contributed by atoms with van der Waals surface area (Å²) in [7, 11) is 0. The van der Waals surface area contributed by atoms with Gasteiger partial charge in [0.1, 0.15) is 5.01 Å². The second-order valence-electron chi connectivity index (χ2n) is 4.85. The van der Waals surface area contributed by atoms with Crippen LogP contribution < -0.4 is 10.1 Å². The van der Waals surface area contributed by atoms with E-state index in [0.717, 1.165) is 28.6 Å². The van der Waals surface area contributed by atoms with Crippen LogP contribution in [0.2, 0.25) is 0 Å². The lowest BCUT2D eigenvalue weighted by atomic mass is 10.2. The Bertz CT molecular complexity index is 568. The quantitative estimate of drug-likeness (QED) is 0.886. The predicted molar refractivity (Wildman–Crippen MR) is 80.3 cm³/mol. The van der Waals surface area contributed by atoms with E-state index in [0.29, 0.717) is 17.8 Å². The van der Waals surface area contributed by atoms with Gasteiger partial charge >= 0.3 is 0 Å². The topological polar surface area (TPSA) is 59.9 Å². The number of rotatable bonds is 6. The fraction of sp³-hybridized carbons (Fsp3) is 0.500. The van der Waals surface area contributed by atoms with Crippen molar-refractivity contribution >= 4 is 11.3 Å². The van der Waals surface area contributed by atoms with E-state index in [1.54, 1.807) is 0 Å². The summed E-state index contributed by atoms with van der Waals surface area (Å²) < 4.78 is 5.80. The Morgan fingerprint density at radius 1 is 1.30 bits per heavy atom. The number of hydrogen-bond donors (Lipinski definition) is 1. The molecule has 0 amide bonds.